The number of benzene rings is 2. The molecule has 134 valence electrons. The van der Waals surface area contributed by atoms with Crippen LogP contribution in [0, 0.1) is 0 Å². The smallest absolute Gasteiger partial charge is 0.335 e. The molecule has 0 unspecified atom stereocenters. The van der Waals surface area contributed by atoms with Crippen LogP contribution in [0.2, 0.25) is 0 Å². The first-order valence-corrected chi connectivity index (χ1v) is 8.21. The summed E-state index contributed by atoms with van der Waals surface area (Å²) in [6.07, 6.45) is -0.178. The van der Waals surface area contributed by atoms with Crippen LogP contribution < -0.4 is 9.80 Å². The van der Waals surface area contributed by atoms with E-state index in [2.05, 4.69) is 0 Å². The molecule has 7 nitrogen and oxygen atoms in total. The Morgan fingerprint density at radius 3 is 2.30 bits per heavy atom. The van der Waals surface area contributed by atoms with E-state index in [1.165, 1.54) is 29.2 Å². The molecule has 0 atom stereocenters. The third-order valence-corrected chi connectivity index (χ3v) is 4.77. The summed E-state index contributed by atoms with van der Waals surface area (Å²) in [4.78, 5) is 51.6. The first kappa shape index (κ1) is 16.7. The second-order valence-corrected chi connectivity index (χ2v) is 6.30. The summed E-state index contributed by atoms with van der Waals surface area (Å²) < 4.78 is 0. The molecular formula is C20H14N2O5. The van der Waals surface area contributed by atoms with Crippen molar-refractivity contribution in [3.63, 3.8) is 0 Å². The van der Waals surface area contributed by atoms with Gasteiger partial charge in [-0.15, -0.1) is 0 Å². The van der Waals surface area contributed by atoms with Gasteiger partial charge in [0.1, 0.15) is 0 Å². The van der Waals surface area contributed by atoms with Crippen molar-refractivity contribution in [3.05, 3.63) is 65.2 Å². The average molecular weight is 362 g/mol. The lowest BCUT2D eigenvalue weighted by atomic mass is 10.00. The normalized spacial score (nSPS) is 19.1. The fraction of sp³-hybridized carbons (Fsp3) is 0.100. The number of aromatic carboxylic acids is 1. The fourth-order valence-corrected chi connectivity index (χ4v) is 3.43. The van der Waals surface area contributed by atoms with Crippen LogP contribution in [0.4, 0.5) is 11.4 Å². The Kier molecular flexibility index (Phi) is 3.66. The molecule has 0 bridgehead atoms. The van der Waals surface area contributed by atoms with E-state index >= 15 is 0 Å². The zero-order valence-corrected chi connectivity index (χ0v) is 14.3. The lowest BCUT2D eigenvalue weighted by Gasteiger charge is -2.13. The van der Waals surface area contributed by atoms with Crippen molar-refractivity contribution >= 4 is 40.6 Å². The highest BCUT2D eigenvalue weighted by Crippen LogP contribution is 2.40. The quantitative estimate of drug-likeness (QED) is 0.652. The van der Waals surface area contributed by atoms with Gasteiger partial charge in [0, 0.05) is 18.2 Å². The molecule has 3 amide bonds. The molecule has 1 fully saturated rings. The number of hydrogen-bond donors (Lipinski definition) is 1. The number of nitrogens with zero attached hydrogens (tertiary/aromatic N) is 2. The zero-order chi connectivity index (χ0) is 19.3. The molecule has 2 aromatic carbocycles. The number of amides is 3. The maximum Gasteiger partial charge on any atom is 0.335 e. The van der Waals surface area contributed by atoms with Crippen LogP contribution in [0.1, 0.15) is 22.3 Å². The van der Waals surface area contributed by atoms with Gasteiger partial charge >= 0.3 is 5.97 Å². The number of anilines is 2. The van der Waals surface area contributed by atoms with Crippen molar-refractivity contribution in [2.45, 2.75) is 6.42 Å². The average Bonchev–Trinajstić information content (AvgIpc) is 3.08. The Balaban J connectivity index is 1.79. The van der Waals surface area contributed by atoms with E-state index in [1.54, 1.807) is 31.3 Å². The van der Waals surface area contributed by atoms with Gasteiger partial charge in [0.2, 0.25) is 5.91 Å². The lowest BCUT2D eigenvalue weighted by Crippen LogP contribution is -2.29. The van der Waals surface area contributed by atoms with Gasteiger partial charge in [-0.05, 0) is 30.3 Å². The number of para-hydroxylation sites is 1. The fourth-order valence-electron chi connectivity index (χ4n) is 3.43. The van der Waals surface area contributed by atoms with Crippen molar-refractivity contribution in [2.75, 3.05) is 16.8 Å². The van der Waals surface area contributed by atoms with Gasteiger partial charge < -0.3 is 10.0 Å². The minimum absolute atomic E-state index is 0.0537. The molecule has 0 aromatic heterocycles. The molecule has 1 N–H and O–H groups in total. The van der Waals surface area contributed by atoms with E-state index in [0.717, 1.165) is 4.90 Å². The molecule has 0 saturated carbocycles. The molecule has 2 aliphatic heterocycles. The van der Waals surface area contributed by atoms with Crippen LogP contribution in [0.3, 0.4) is 0 Å². The maximum atomic E-state index is 12.9. The number of hydrogen-bond acceptors (Lipinski definition) is 4. The molecule has 27 heavy (non-hydrogen) atoms. The first-order chi connectivity index (χ1) is 12.9. The SMILES string of the molecule is CN1C(=O)C(=C2CC(=O)N(c3ccc(C(=O)O)cc3)C2=O)c2ccccc21. The van der Waals surface area contributed by atoms with E-state index in [1.807, 2.05) is 0 Å². The molecule has 7 heteroatoms. The number of likely N-dealkylation sites (N-methyl/N-ethyl adjacent to an activating group) is 1. The Morgan fingerprint density at radius 1 is 0.963 bits per heavy atom. The summed E-state index contributed by atoms with van der Waals surface area (Å²) in [6.45, 7) is 0. The highest BCUT2D eigenvalue weighted by molar-refractivity contribution is 6.41. The summed E-state index contributed by atoms with van der Waals surface area (Å²) >= 11 is 0. The lowest BCUT2D eigenvalue weighted by molar-refractivity contribution is -0.121. The van der Waals surface area contributed by atoms with E-state index in [9.17, 15) is 19.2 Å². The predicted molar refractivity (Wildman–Crippen MR) is 97.3 cm³/mol. The summed E-state index contributed by atoms with van der Waals surface area (Å²) in [6, 6.07) is 12.6. The van der Waals surface area contributed by atoms with E-state index in [-0.39, 0.29) is 34.7 Å². The van der Waals surface area contributed by atoms with Crippen LogP contribution in [0.15, 0.2) is 54.1 Å². The molecule has 2 heterocycles. The topological polar surface area (TPSA) is 95.0 Å². The van der Waals surface area contributed by atoms with Gasteiger partial charge in [0.25, 0.3) is 11.8 Å². The minimum atomic E-state index is -1.10. The Labute approximate surface area is 154 Å². The van der Waals surface area contributed by atoms with E-state index < -0.39 is 17.8 Å². The first-order valence-electron chi connectivity index (χ1n) is 8.21. The molecular weight excluding hydrogens is 348 g/mol. The second kappa shape index (κ2) is 5.91. The van der Waals surface area contributed by atoms with Gasteiger partial charge in [-0.2, -0.15) is 0 Å². The van der Waals surface area contributed by atoms with Crippen LogP contribution in [-0.2, 0) is 14.4 Å². The molecule has 0 aliphatic carbocycles. The Hall–Kier alpha value is -3.74. The number of carbonyl (C=O) groups is 4. The number of rotatable bonds is 2. The van der Waals surface area contributed by atoms with Gasteiger partial charge in [-0.3, -0.25) is 14.4 Å². The molecule has 2 aliphatic rings. The highest BCUT2D eigenvalue weighted by Gasteiger charge is 2.42. The number of carbonyl (C=O) groups excluding carboxylic acids is 3. The third-order valence-electron chi connectivity index (χ3n) is 4.77. The van der Waals surface area contributed by atoms with E-state index in [0.29, 0.717) is 11.3 Å². The predicted octanol–water partition coefficient (Wildman–Crippen LogP) is 2.08. The molecule has 2 aromatic rings. The number of carboxylic acids is 1. The summed E-state index contributed by atoms with van der Waals surface area (Å²) in [5.41, 5.74) is 2.05. The summed E-state index contributed by atoms with van der Waals surface area (Å²) in [5.74, 6) is -2.43. The molecule has 0 spiro atoms. The monoisotopic (exact) mass is 362 g/mol. The summed E-state index contributed by atoms with van der Waals surface area (Å²) in [5, 5.41) is 8.98. The van der Waals surface area contributed by atoms with E-state index in [4.69, 9.17) is 5.11 Å². The van der Waals surface area contributed by atoms with Gasteiger partial charge in [-0.1, -0.05) is 18.2 Å². The summed E-state index contributed by atoms with van der Waals surface area (Å²) in [7, 11) is 1.62. The van der Waals surface area contributed by atoms with Crippen LogP contribution in [-0.4, -0.2) is 35.8 Å². The van der Waals surface area contributed by atoms with Crippen molar-refractivity contribution < 1.29 is 24.3 Å². The largest absolute Gasteiger partial charge is 0.478 e. The number of imide groups is 1. The van der Waals surface area contributed by atoms with Crippen molar-refractivity contribution in [3.8, 4) is 0 Å². The van der Waals surface area contributed by atoms with Crippen molar-refractivity contribution in [1.29, 1.82) is 0 Å². The molecule has 4 rings (SSSR count). The number of fused-ring (bicyclic) bond motifs is 1. The highest BCUT2D eigenvalue weighted by atomic mass is 16.4. The third kappa shape index (κ3) is 2.43. The Morgan fingerprint density at radius 2 is 1.63 bits per heavy atom. The van der Waals surface area contributed by atoms with Crippen molar-refractivity contribution in [2.24, 2.45) is 0 Å². The Bertz CT molecular complexity index is 1050. The second-order valence-electron chi connectivity index (χ2n) is 6.30. The van der Waals surface area contributed by atoms with Crippen molar-refractivity contribution in [1.82, 2.24) is 0 Å². The number of carboxylic acid groups (broad SMARTS) is 1. The van der Waals surface area contributed by atoms with Crippen LogP contribution in [0.25, 0.3) is 5.57 Å². The van der Waals surface area contributed by atoms with Crippen LogP contribution >= 0.6 is 0 Å². The molecule has 0 radical (unpaired) electrons. The zero-order valence-electron chi connectivity index (χ0n) is 14.3. The van der Waals surface area contributed by atoms with Gasteiger partial charge in [-0.25, -0.2) is 9.69 Å². The van der Waals surface area contributed by atoms with Crippen LogP contribution in [0.5, 0.6) is 0 Å². The minimum Gasteiger partial charge on any atom is -0.478 e. The standard InChI is InChI=1S/C20H14N2O5/c1-21-15-5-3-2-4-13(15)17(19(21)25)14-10-16(23)22(18(14)24)12-8-6-11(7-9-12)20(26)27/h2-9H,10H2,1H3,(H,26,27). The van der Waals surface area contributed by atoms with Gasteiger partial charge in [0.15, 0.2) is 0 Å². The maximum absolute atomic E-state index is 12.9. The van der Waals surface area contributed by atoms with Gasteiger partial charge in [0.05, 0.1) is 28.9 Å². The molecule has 1 saturated heterocycles.